The van der Waals surface area contributed by atoms with Gasteiger partial charge in [-0.1, -0.05) is 0 Å². The van der Waals surface area contributed by atoms with Crippen molar-refractivity contribution in [2.75, 3.05) is 33.3 Å². The molecule has 0 saturated carbocycles. The minimum absolute atomic E-state index is 0.0182. The molecular formula is C11H21N3O4. The van der Waals surface area contributed by atoms with Crippen molar-refractivity contribution in [1.29, 1.82) is 0 Å². The topological polar surface area (TPSA) is 93.1 Å². The zero-order valence-corrected chi connectivity index (χ0v) is 10.8. The number of rotatable bonds is 4. The van der Waals surface area contributed by atoms with E-state index < -0.39 is 12.0 Å². The first-order chi connectivity index (χ1) is 8.45. The molecule has 0 spiro atoms. The Morgan fingerprint density at radius 1 is 1.44 bits per heavy atom. The van der Waals surface area contributed by atoms with Crippen molar-refractivity contribution in [1.82, 2.24) is 15.1 Å². The van der Waals surface area contributed by atoms with Gasteiger partial charge in [-0.2, -0.15) is 0 Å². The first-order valence-electron chi connectivity index (χ1n) is 6.05. The van der Waals surface area contributed by atoms with Gasteiger partial charge in [-0.15, -0.1) is 0 Å². The first-order valence-corrected chi connectivity index (χ1v) is 6.05. The zero-order chi connectivity index (χ0) is 13.7. The van der Waals surface area contributed by atoms with E-state index in [-0.39, 0.29) is 25.1 Å². The summed E-state index contributed by atoms with van der Waals surface area (Å²) in [6, 6.07) is -1.15. The van der Waals surface area contributed by atoms with Gasteiger partial charge in [0.25, 0.3) is 0 Å². The highest BCUT2D eigenvalue weighted by Crippen LogP contribution is 2.07. The minimum atomic E-state index is -1.13. The third kappa shape index (κ3) is 3.85. The second kappa shape index (κ2) is 6.55. The van der Waals surface area contributed by atoms with Gasteiger partial charge in [0.05, 0.1) is 0 Å². The fourth-order valence-corrected chi connectivity index (χ4v) is 1.86. The summed E-state index contributed by atoms with van der Waals surface area (Å²) < 4.78 is 0. The monoisotopic (exact) mass is 259 g/mol. The second-order valence-electron chi connectivity index (χ2n) is 4.63. The molecule has 0 aromatic carbocycles. The van der Waals surface area contributed by atoms with Crippen molar-refractivity contribution in [3.63, 3.8) is 0 Å². The summed E-state index contributed by atoms with van der Waals surface area (Å²) in [6.07, 6.45) is 0.0182. The number of nitrogens with zero attached hydrogens (tertiary/aromatic N) is 2. The molecular weight excluding hydrogens is 238 g/mol. The van der Waals surface area contributed by atoms with Gasteiger partial charge < -0.3 is 25.3 Å². The number of hydrogen-bond donors (Lipinski definition) is 3. The molecule has 1 fully saturated rings. The molecule has 2 amide bonds. The molecule has 7 nitrogen and oxygen atoms in total. The van der Waals surface area contributed by atoms with E-state index in [1.54, 1.807) is 4.90 Å². The fourth-order valence-electron chi connectivity index (χ4n) is 1.86. The molecule has 0 aliphatic carbocycles. The number of nitrogens with one attached hydrogen (secondary N) is 1. The highest BCUT2D eigenvalue weighted by atomic mass is 16.4. The van der Waals surface area contributed by atoms with E-state index in [0.29, 0.717) is 13.1 Å². The summed E-state index contributed by atoms with van der Waals surface area (Å²) in [6.45, 7) is 3.68. The first kappa shape index (κ1) is 14.7. The van der Waals surface area contributed by atoms with Gasteiger partial charge in [0.1, 0.15) is 6.04 Å². The Morgan fingerprint density at radius 2 is 2.11 bits per heavy atom. The Hall–Kier alpha value is -1.34. The van der Waals surface area contributed by atoms with Crippen molar-refractivity contribution in [2.45, 2.75) is 25.4 Å². The normalized spacial score (nSPS) is 22.6. The third-order valence-electron chi connectivity index (χ3n) is 3.26. The molecule has 0 radical (unpaired) electrons. The van der Waals surface area contributed by atoms with Crippen molar-refractivity contribution < 1.29 is 19.8 Å². The Morgan fingerprint density at radius 3 is 2.61 bits per heavy atom. The Kier molecular flexibility index (Phi) is 5.36. The Balaban J connectivity index is 2.51. The van der Waals surface area contributed by atoms with Crippen molar-refractivity contribution in [3.8, 4) is 0 Å². The molecule has 0 aromatic rings. The van der Waals surface area contributed by atoms with E-state index in [4.69, 9.17) is 10.2 Å². The number of aliphatic hydroxyl groups excluding tert-OH is 1. The summed E-state index contributed by atoms with van der Waals surface area (Å²) in [7, 11) is 1.99. The lowest BCUT2D eigenvalue weighted by atomic mass is 10.2. The predicted molar refractivity (Wildman–Crippen MR) is 65.3 cm³/mol. The number of carbonyl (C=O) groups excluding carboxylic acids is 1. The quantitative estimate of drug-likeness (QED) is 0.612. The molecule has 0 aromatic heterocycles. The van der Waals surface area contributed by atoms with Gasteiger partial charge >= 0.3 is 12.0 Å². The number of likely N-dealkylation sites (N-methyl/N-ethyl adjacent to an activating group) is 1. The van der Waals surface area contributed by atoms with Crippen LogP contribution >= 0.6 is 0 Å². The number of aliphatic carboxylic acids is 1. The number of amides is 2. The van der Waals surface area contributed by atoms with Crippen LogP contribution in [-0.4, -0.2) is 77.4 Å². The van der Waals surface area contributed by atoms with Crippen LogP contribution in [0.5, 0.6) is 0 Å². The van der Waals surface area contributed by atoms with Crippen molar-refractivity contribution in [3.05, 3.63) is 0 Å². The maximum atomic E-state index is 11.9. The van der Waals surface area contributed by atoms with Crippen LogP contribution in [0, 0.1) is 0 Å². The number of aliphatic hydroxyl groups is 1. The summed E-state index contributed by atoms with van der Waals surface area (Å²) >= 11 is 0. The van der Waals surface area contributed by atoms with E-state index in [9.17, 15) is 9.59 Å². The zero-order valence-electron chi connectivity index (χ0n) is 10.8. The van der Waals surface area contributed by atoms with E-state index in [1.165, 1.54) is 0 Å². The summed E-state index contributed by atoms with van der Waals surface area (Å²) in [5.74, 6) is -1.13. The standard InChI is InChI=1S/C11H21N3O4/c1-8-7-14(5-4-13(8)2)11(18)12-9(3-6-15)10(16)17/h8-9,15H,3-7H2,1-2H3,(H,12,18)(H,16,17)/t8?,9-/m0/s1. The number of carboxylic acids is 1. The van der Waals surface area contributed by atoms with E-state index in [0.717, 1.165) is 6.54 Å². The average Bonchev–Trinajstić information content (AvgIpc) is 2.31. The lowest BCUT2D eigenvalue weighted by Crippen LogP contribution is -2.56. The molecule has 18 heavy (non-hydrogen) atoms. The van der Waals surface area contributed by atoms with Crippen LogP contribution in [0.1, 0.15) is 13.3 Å². The molecule has 1 unspecified atom stereocenters. The van der Waals surface area contributed by atoms with Gasteiger partial charge in [0, 0.05) is 38.7 Å². The molecule has 0 bridgehead atoms. The number of carbonyl (C=O) groups is 2. The van der Waals surface area contributed by atoms with E-state index in [1.807, 2.05) is 14.0 Å². The minimum Gasteiger partial charge on any atom is -0.480 e. The third-order valence-corrected chi connectivity index (χ3v) is 3.26. The smallest absolute Gasteiger partial charge is 0.326 e. The molecule has 1 heterocycles. The van der Waals surface area contributed by atoms with Gasteiger partial charge in [0.15, 0.2) is 0 Å². The van der Waals surface area contributed by atoms with Crippen LogP contribution < -0.4 is 5.32 Å². The van der Waals surface area contributed by atoms with Crippen LogP contribution in [0.3, 0.4) is 0 Å². The number of carboxylic acid groups (broad SMARTS) is 1. The average molecular weight is 259 g/mol. The molecule has 1 aliphatic rings. The molecule has 1 saturated heterocycles. The highest BCUT2D eigenvalue weighted by Gasteiger charge is 2.27. The molecule has 104 valence electrons. The highest BCUT2D eigenvalue weighted by molar-refractivity contribution is 5.82. The summed E-state index contributed by atoms with van der Waals surface area (Å²) in [4.78, 5) is 26.5. The lowest BCUT2D eigenvalue weighted by molar-refractivity contribution is -0.139. The van der Waals surface area contributed by atoms with Gasteiger partial charge in [-0.25, -0.2) is 9.59 Å². The van der Waals surface area contributed by atoms with Crippen LogP contribution in [0.15, 0.2) is 0 Å². The fraction of sp³-hybridized carbons (Fsp3) is 0.818. The van der Waals surface area contributed by atoms with Crippen molar-refractivity contribution >= 4 is 12.0 Å². The van der Waals surface area contributed by atoms with E-state index >= 15 is 0 Å². The number of piperazine rings is 1. The van der Waals surface area contributed by atoms with Crippen LogP contribution in [0.2, 0.25) is 0 Å². The van der Waals surface area contributed by atoms with Crippen molar-refractivity contribution in [2.24, 2.45) is 0 Å². The maximum absolute atomic E-state index is 11.9. The molecule has 7 heteroatoms. The Bertz CT molecular complexity index is 311. The maximum Gasteiger partial charge on any atom is 0.326 e. The molecule has 2 atom stereocenters. The summed E-state index contributed by atoms with van der Waals surface area (Å²) in [5, 5.41) is 20.1. The lowest BCUT2D eigenvalue weighted by Gasteiger charge is -2.37. The predicted octanol–water partition coefficient (Wildman–Crippen LogP) is -0.832. The molecule has 1 aliphatic heterocycles. The van der Waals surface area contributed by atoms with Gasteiger partial charge in [-0.3, -0.25) is 0 Å². The van der Waals surface area contributed by atoms with Crippen LogP contribution in [0.4, 0.5) is 4.79 Å². The number of hydrogen-bond acceptors (Lipinski definition) is 4. The number of urea groups is 1. The van der Waals surface area contributed by atoms with E-state index in [2.05, 4.69) is 10.2 Å². The second-order valence-corrected chi connectivity index (χ2v) is 4.63. The van der Waals surface area contributed by atoms with Crippen LogP contribution in [-0.2, 0) is 4.79 Å². The molecule has 3 N–H and O–H groups in total. The SMILES string of the molecule is CC1CN(C(=O)N[C@@H](CCO)C(=O)O)CCN1C. The largest absolute Gasteiger partial charge is 0.480 e. The Labute approximate surface area is 106 Å². The molecule has 1 rings (SSSR count). The van der Waals surface area contributed by atoms with Crippen LogP contribution in [0.25, 0.3) is 0 Å². The van der Waals surface area contributed by atoms with Gasteiger partial charge in [-0.05, 0) is 14.0 Å². The summed E-state index contributed by atoms with van der Waals surface area (Å²) in [5.41, 5.74) is 0. The van der Waals surface area contributed by atoms with Gasteiger partial charge in [0.2, 0.25) is 0 Å².